The van der Waals surface area contributed by atoms with E-state index in [1.807, 2.05) is 78.9 Å². The highest BCUT2D eigenvalue weighted by atomic mass is 32.2. The molecular weight excluding hydrogens is 342 g/mol. The zero-order chi connectivity index (χ0) is 18.4. The number of carbonyl (C=O) groups excluding carboxylic acids is 1. The van der Waals surface area contributed by atoms with Crippen molar-refractivity contribution in [2.45, 2.75) is 11.8 Å². The lowest BCUT2D eigenvalue weighted by Gasteiger charge is -2.14. The molecule has 0 aliphatic rings. The van der Waals surface area contributed by atoms with Crippen LogP contribution in [0.1, 0.15) is 22.8 Å². The Morgan fingerprint density at radius 1 is 0.731 bits per heavy atom. The first-order chi connectivity index (χ1) is 12.7. The number of nitrogens with one attached hydrogen (secondary N) is 1. The normalized spacial score (nSPS) is 12.8. The van der Waals surface area contributed by atoms with Crippen LogP contribution in [0.3, 0.4) is 0 Å². The molecule has 0 aliphatic heterocycles. The van der Waals surface area contributed by atoms with Gasteiger partial charge >= 0.3 is 0 Å². The second-order valence-corrected chi connectivity index (χ2v) is 7.32. The SMILES string of the molecule is C/C(=C(\NC(=O)c1ccccc1)c1ccccc1)S(=O)c1ccccc1. The van der Waals surface area contributed by atoms with Crippen LogP contribution in [0.5, 0.6) is 0 Å². The number of hydrogen-bond acceptors (Lipinski definition) is 2. The van der Waals surface area contributed by atoms with Gasteiger partial charge in [0.05, 0.1) is 16.5 Å². The molecule has 0 saturated carbocycles. The molecule has 1 atom stereocenters. The van der Waals surface area contributed by atoms with Gasteiger partial charge in [0, 0.05) is 15.4 Å². The Hall–Kier alpha value is -2.98. The molecule has 3 nitrogen and oxygen atoms in total. The van der Waals surface area contributed by atoms with Crippen molar-refractivity contribution in [2.75, 3.05) is 0 Å². The molecule has 26 heavy (non-hydrogen) atoms. The quantitative estimate of drug-likeness (QED) is 0.721. The Bertz CT molecular complexity index is 936. The average Bonchev–Trinajstić information content (AvgIpc) is 2.72. The van der Waals surface area contributed by atoms with E-state index in [2.05, 4.69) is 5.32 Å². The highest BCUT2D eigenvalue weighted by Gasteiger charge is 2.16. The van der Waals surface area contributed by atoms with E-state index in [0.717, 1.165) is 5.56 Å². The summed E-state index contributed by atoms with van der Waals surface area (Å²) in [6.45, 7) is 1.79. The van der Waals surface area contributed by atoms with Crippen LogP contribution in [0.15, 0.2) is 101 Å². The standard InChI is InChI=1S/C22H19NO2S/c1-17(26(25)20-15-9-4-10-16-20)21(18-11-5-2-6-12-18)23-22(24)19-13-7-3-8-14-19/h2-16H,1H3,(H,23,24)/b21-17+. The minimum Gasteiger partial charge on any atom is -0.321 e. The van der Waals surface area contributed by atoms with Crippen LogP contribution in [0.25, 0.3) is 5.70 Å². The third-order valence-corrected chi connectivity index (χ3v) is 5.39. The minimum atomic E-state index is -1.37. The molecule has 3 aromatic carbocycles. The van der Waals surface area contributed by atoms with Crippen LogP contribution in [0.4, 0.5) is 0 Å². The van der Waals surface area contributed by atoms with Crippen LogP contribution in [-0.2, 0) is 10.8 Å². The van der Waals surface area contributed by atoms with E-state index >= 15 is 0 Å². The summed E-state index contributed by atoms with van der Waals surface area (Å²) in [7, 11) is -1.37. The van der Waals surface area contributed by atoms with Gasteiger partial charge in [0.1, 0.15) is 0 Å². The van der Waals surface area contributed by atoms with Gasteiger partial charge in [-0.15, -0.1) is 0 Å². The van der Waals surface area contributed by atoms with E-state index in [1.54, 1.807) is 19.1 Å². The molecule has 0 fully saturated rings. The van der Waals surface area contributed by atoms with Gasteiger partial charge in [-0.1, -0.05) is 66.7 Å². The molecular formula is C22H19NO2S. The monoisotopic (exact) mass is 361 g/mol. The van der Waals surface area contributed by atoms with E-state index in [-0.39, 0.29) is 5.91 Å². The highest BCUT2D eigenvalue weighted by Crippen LogP contribution is 2.23. The fourth-order valence-corrected chi connectivity index (χ4v) is 3.67. The molecule has 1 N–H and O–H groups in total. The van der Waals surface area contributed by atoms with Gasteiger partial charge in [0.2, 0.25) is 0 Å². The zero-order valence-corrected chi connectivity index (χ0v) is 15.2. The fraction of sp³-hybridized carbons (Fsp3) is 0.0455. The third kappa shape index (κ3) is 4.16. The number of carbonyl (C=O) groups is 1. The van der Waals surface area contributed by atoms with E-state index in [4.69, 9.17) is 0 Å². The second-order valence-electron chi connectivity index (χ2n) is 5.70. The van der Waals surface area contributed by atoms with E-state index in [0.29, 0.717) is 21.1 Å². The molecule has 1 amide bonds. The van der Waals surface area contributed by atoms with Gasteiger partial charge < -0.3 is 5.32 Å². The second kappa shape index (κ2) is 8.41. The van der Waals surface area contributed by atoms with Crippen LogP contribution < -0.4 is 5.32 Å². The Morgan fingerprint density at radius 2 is 1.19 bits per heavy atom. The van der Waals surface area contributed by atoms with Gasteiger partial charge in [-0.2, -0.15) is 0 Å². The van der Waals surface area contributed by atoms with Crippen molar-refractivity contribution >= 4 is 22.4 Å². The lowest BCUT2D eigenvalue weighted by molar-refractivity contribution is 0.0973. The van der Waals surface area contributed by atoms with Crippen molar-refractivity contribution in [2.24, 2.45) is 0 Å². The largest absolute Gasteiger partial charge is 0.321 e. The van der Waals surface area contributed by atoms with E-state index in [9.17, 15) is 9.00 Å². The number of benzene rings is 3. The molecule has 0 bridgehead atoms. The smallest absolute Gasteiger partial charge is 0.255 e. The number of amides is 1. The van der Waals surface area contributed by atoms with Crippen LogP contribution in [0, 0.1) is 0 Å². The summed E-state index contributed by atoms with van der Waals surface area (Å²) in [5.41, 5.74) is 1.94. The maximum absolute atomic E-state index is 13.0. The zero-order valence-electron chi connectivity index (χ0n) is 14.4. The highest BCUT2D eigenvalue weighted by molar-refractivity contribution is 7.89. The maximum atomic E-state index is 13.0. The Labute approximate surface area is 155 Å². The summed E-state index contributed by atoms with van der Waals surface area (Å²) in [6, 6.07) is 27.7. The van der Waals surface area contributed by atoms with Gasteiger partial charge in [0.25, 0.3) is 5.91 Å². The molecule has 3 rings (SSSR count). The lowest BCUT2D eigenvalue weighted by Crippen LogP contribution is -2.23. The summed E-state index contributed by atoms with van der Waals surface area (Å²) >= 11 is 0. The third-order valence-electron chi connectivity index (χ3n) is 3.92. The van der Waals surface area contributed by atoms with E-state index in [1.165, 1.54) is 0 Å². The van der Waals surface area contributed by atoms with Gasteiger partial charge in [-0.05, 0) is 36.8 Å². The molecule has 0 radical (unpaired) electrons. The predicted molar refractivity (Wildman–Crippen MR) is 106 cm³/mol. The van der Waals surface area contributed by atoms with Crippen molar-refractivity contribution in [3.8, 4) is 0 Å². The first-order valence-electron chi connectivity index (χ1n) is 8.26. The van der Waals surface area contributed by atoms with Crippen molar-refractivity contribution in [3.63, 3.8) is 0 Å². The summed E-state index contributed by atoms with van der Waals surface area (Å²) in [5, 5.41) is 2.95. The molecule has 0 aromatic heterocycles. The minimum absolute atomic E-state index is 0.228. The maximum Gasteiger partial charge on any atom is 0.255 e. The first kappa shape index (κ1) is 17.8. The summed E-state index contributed by atoms with van der Waals surface area (Å²) in [4.78, 5) is 14.0. The van der Waals surface area contributed by atoms with Gasteiger partial charge in [-0.3, -0.25) is 4.79 Å². The van der Waals surface area contributed by atoms with Crippen molar-refractivity contribution in [1.29, 1.82) is 0 Å². The molecule has 3 aromatic rings. The first-order valence-corrected chi connectivity index (χ1v) is 9.41. The molecule has 1 unspecified atom stereocenters. The molecule has 0 heterocycles. The van der Waals surface area contributed by atoms with Crippen molar-refractivity contribution in [3.05, 3.63) is 107 Å². The van der Waals surface area contributed by atoms with Crippen LogP contribution in [-0.4, -0.2) is 10.1 Å². The van der Waals surface area contributed by atoms with Crippen molar-refractivity contribution < 1.29 is 9.00 Å². The van der Waals surface area contributed by atoms with Crippen LogP contribution >= 0.6 is 0 Å². The van der Waals surface area contributed by atoms with Gasteiger partial charge in [-0.25, -0.2) is 4.21 Å². The van der Waals surface area contributed by atoms with E-state index < -0.39 is 10.8 Å². The molecule has 0 aliphatic carbocycles. The number of hydrogen-bond donors (Lipinski definition) is 1. The molecule has 0 spiro atoms. The van der Waals surface area contributed by atoms with Crippen LogP contribution in [0.2, 0.25) is 0 Å². The summed E-state index contributed by atoms with van der Waals surface area (Å²) in [6.07, 6.45) is 0. The summed E-state index contributed by atoms with van der Waals surface area (Å²) in [5.74, 6) is -0.228. The Morgan fingerprint density at radius 3 is 1.73 bits per heavy atom. The lowest BCUT2D eigenvalue weighted by atomic mass is 10.1. The number of rotatable bonds is 5. The van der Waals surface area contributed by atoms with Crippen molar-refractivity contribution in [1.82, 2.24) is 5.32 Å². The Kier molecular flexibility index (Phi) is 5.77. The predicted octanol–water partition coefficient (Wildman–Crippen LogP) is 4.61. The molecule has 0 saturated heterocycles. The molecule has 4 heteroatoms. The molecule has 130 valence electrons. The average molecular weight is 361 g/mol. The van der Waals surface area contributed by atoms with Gasteiger partial charge in [0.15, 0.2) is 0 Å². The fourth-order valence-electron chi connectivity index (χ4n) is 2.56. The Balaban J connectivity index is 2.01. The summed E-state index contributed by atoms with van der Waals surface area (Å²) < 4.78 is 13.0. The topological polar surface area (TPSA) is 46.2 Å². The number of allylic oxidation sites excluding steroid dienone is 1.